The molecule has 0 atom stereocenters. The zero-order valence-corrected chi connectivity index (χ0v) is 8.41. The van der Waals surface area contributed by atoms with Crippen molar-refractivity contribution in [2.24, 2.45) is 0 Å². The van der Waals surface area contributed by atoms with Gasteiger partial charge in [0, 0.05) is 5.56 Å². The molecule has 0 amide bonds. The Morgan fingerprint density at radius 2 is 2.07 bits per heavy atom. The third-order valence-corrected chi connectivity index (χ3v) is 2.07. The maximum Gasteiger partial charge on any atom is 0.139 e. The summed E-state index contributed by atoms with van der Waals surface area (Å²) in [5, 5.41) is 3.83. The third-order valence-electron chi connectivity index (χ3n) is 1.74. The average Bonchev–Trinajstić information content (AvgIpc) is 2.71. The molecule has 0 aliphatic rings. The average molecular weight is 222 g/mol. The number of nitrogens with one attached hydrogen (secondary N) is 1. The predicted molar refractivity (Wildman–Crippen MR) is 57.5 cm³/mol. The van der Waals surface area contributed by atoms with Crippen LogP contribution in [0.4, 0.5) is 4.39 Å². The number of halogens is 1. The smallest absolute Gasteiger partial charge is 0.139 e. The van der Waals surface area contributed by atoms with Crippen LogP contribution in [0.1, 0.15) is 5.56 Å². The summed E-state index contributed by atoms with van der Waals surface area (Å²) in [6.45, 7) is 0. The van der Waals surface area contributed by atoms with E-state index in [0.29, 0.717) is 4.99 Å². The zero-order valence-electron chi connectivity index (χ0n) is 7.59. The van der Waals surface area contributed by atoms with Crippen LogP contribution in [0, 0.1) is 5.82 Å². The predicted octanol–water partition coefficient (Wildman–Crippen LogP) is 1.34. The molecule has 2 rings (SSSR count). The van der Waals surface area contributed by atoms with Crippen LogP contribution in [0.2, 0.25) is 0 Å². The van der Waals surface area contributed by atoms with E-state index in [4.69, 9.17) is 12.2 Å². The maximum absolute atomic E-state index is 12.6. The molecule has 4 nitrogen and oxygen atoms in total. The fourth-order valence-corrected chi connectivity index (χ4v) is 1.27. The van der Waals surface area contributed by atoms with Gasteiger partial charge in [0.25, 0.3) is 0 Å². The van der Waals surface area contributed by atoms with Crippen LogP contribution >= 0.6 is 12.2 Å². The quantitative estimate of drug-likeness (QED) is 0.779. The number of hydrogen-bond donors (Lipinski definition) is 1. The Kier molecular flexibility index (Phi) is 2.68. The SMILES string of the molecule is Fc1ccc(C(=S)Nn2cncn2)cc1. The number of hydrogen-bond acceptors (Lipinski definition) is 3. The second-order valence-electron chi connectivity index (χ2n) is 2.79. The molecule has 2 aromatic rings. The molecule has 0 unspecified atom stereocenters. The van der Waals surface area contributed by atoms with E-state index >= 15 is 0 Å². The van der Waals surface area contributed by atoms with Gasteiger partial charge in [-0.15, -0.1) is 5.10 Å². The van der Waals surface area contributed by atoms with E-state index in [9.17, 15) is 4.39 Å². The Bertz CT molecular complexity index is 451. The van der Waals surface area contributed by atoms with Crippen molar-refractivity contribution < 1.29 is 4.39 Å². The Hall–Kier alpha value is -1.82. The van der Waals surface area contributed by atoms with E-state index in [1.807, 2.05) is 0 Å². The van der Waals surface area contributed by atoms with Crippen LogP contribution in [-0.2, 0) is 0 Å². The summed E-state index contributed by atoms with van der Waals surface area (Å²) in [6.07, 6.45) is 2.87. The minimum absolute atomic E-state index is 0.290. The molecule has 0 fully saturated rings. The van der Waals surface area contributed by atoms with Crippen LogP contribution in [-0.4, -0.2) is 19.9 Å². The topological polar surface area (TPSA) is 42.7 Å². The monoisotopic (exact) mass is 222 g/mol. The van der Waals surface area contributed by atoms with Gasteiger partial charge in [0.2, 0.25) is 0 Å². The van der Waals surface area contributed by atoms with Crippen LogP contribution in [0.25, 0.3) is 0 Å². The molecule has 0 aliphatic carbocycles. The highest BCUT2D eigenvalue weighted by atomic mass is 32.1. The highest BCUT2D eigenvalue weighted by Gasteiger charge is 2.01. The summed E-state index contributed by atoms with van der Waals surface area (Å²) >= 11 is 5.09. The minimum atomic E-state index is -0.290. The van der Waals surface area contributed by atoms with E-state index in [1.54, 1.807) is 12.1 Å². The molecule has 6 heteroatoms. The molecule has 1 aromatic carbocycles. The van der Waals surface area contributed by atoms with Gasteiger partial charge in [-0.3, -0.25) is 5.43 Å². The summed E-state index contributed by atoms with van der Waals surface area (Å²) in [6, 6.07) is 5.90. The Morgan fingerprint density at radius 1 is 1.33 bits per heavy atom. The maximum atomic E-state index is 12.6. The van der Waals surface area contributed by atoms with Crippen molar-refractivity contribution in [3.8, 4) is 0 Å². The second-order valence-corrected chi connectivity index (χ2v) is 3.20. The van der Waals surface area contributed by atoms with Crippen LogP contribution in [0.3, 0.4) is 0 Å². The number of rotatable bonds is 2. The lowest BCUT2D eigenvalue weighted by atomic mass is 10.2. The Labute approximate surface area is 90.7 Å². The highest BCUT2D eigenvalue weighted by Crippen LogP contribution is 2.03. The van der Waals surface area contributed by atoms with Gasteiger partial charge >= 0.3 is 0 Å². The molecule has 0 radical (unpaired) electrons. The number of thiocarbonyl (C=S) groups is 1. The zero-order chi connectivity index (χ0) is 10.7. The summed E-state index contributed by atoms with van der Waals surface area (Å²) < 4.78 is 12.6. The molecule has 1 heterocycles. The first-order valence-electron chi connectivity index (χ1n) is 4.17. The number of benzene rings is 1. The van der Waals surface area contributed by atoms with Gasteiger partial charge in [0.05, 0.1) is 0 Å². The van der Waals surface area contributed by atoms with Crippen molar-refractivity contribution in [2.75, 3.05) is 5.43 Å². The summed E-state index contributed by atoms with van der Waals surface area (Å²) in [7, 11) is 0. The molecule has 0 aliphatic heterocycles. The fraction of sp³-hybridized carbons (Fsp3) is 0. The summed E-state index contributed by atoms with van der Waals surface area (Å²) in [5.74, 6) is -0.290. The molecule has 0 saturated heterocycles. The Balaban J connectivity index is 2.11. The molecule has 0 spiro atoms. The van der Waals surface area contributed by atoms with Crippen molar-refractivity contribution in [1.82, 2.24) is 14.9 Å². The lowest BCUT2D eigenvalue weighted by Crippen LogP contribution is -2.22. The van der Waals surface area contributed by atoms with Gasteiger partial charge in [0.1, 0.15) is 23.5 Å². The van der Waals surface area contributed by atoms with Crippen LogP contribution in [0.15, 0.2) is 36.9 Å². The van der Waals surface area contributed by atoms with Crippen molar-refractivity contribution in [3.63, 3.8) is 0 Å². The third kappa shape index (κ3) is 2.35. The summed E-state index contributed by atoms with van der Waals surface area (Å²) in [4.78, 5) is 5.59. The van der Waals surface area contributed by atoms with Gasteiger partial charge in [-0.2, -0.15) is 4.79 Å². The van der Waals surface area contributed by atoms with Crippen molar-refractivity contribution in [1.29, 1.82) is 0 Å². The lowest BCUT2D eigenvalue weighted by molar-refractivity contribution is 0.628. The highest BCUT2D eigenvalue weighted by molar-refractivity contribution is 7.81. The van der Waals surface area contributed by atoms with Crippen molar-refractivity contribution in [2.45, 2.75) is 0 Å². The summed E-state index contributed by atoms with van der Waals surface area (Å²) in [5.41, 5.74) is 3.53. The van der Waals surface area contributed by atoms with Gasteiger partial charge in [-0.25, -0.2) is 9.37 Å². The first-order chi connectivity index (χ1) is 7.25. The first kappa shape index (κ1) is 9.72. The molecular formula is C9H7FN4S. The van der Waals surface area contributed by atoms with Crippen molar-refractivity contribution >= 4 is 17.2 Å². The largest absolute Gasteiger partial charge is 0.266 e. The van der Waals surface area contributed by atoms with E-state index in [2.05, 4.69) is 15.5 Å². The van der Waals surface area contributed by atoms with Gasteiger partial charge in [-0.05, 0) is 24.3 Å². The number of nitrogens with zero attached hydrogens (tertiary/aromatic N) is 3. The molecule has 1 aromatic heterocycles. The molecule has 1 N–H and O–H groups in total. The normalized spacial score (nSPS) is 9.93. The molecule has 15 heavy (non-hydrogen) atoms. The van der Waals surface area contributed by atoms with E-state index in [-0.39, 0.29) is 5.82 Å². The van der Waals surface area contributed by atoms with Gasteiger partial charge in [-0.1, -0.05) is 12.2 Å². The van der Waals surface area contributed by atoms with E-state index < -0.39 is 0 Å². The van der Waals surface area contributed by atoms with Crippen LogP contribution in [0.5, 0.6) is 0 Å². The lowest BCUT2D eigenvalue weighted by Gasteiger charge is -2.06. The molecule has 76 valence electrons. The van der Waals surface area contributed by atoms with E-state index in [1.165, 1.54) is 29.6 Å². The van der Waals surface area contributed by atoms with Crippen molar-refractivity contribution in [3.05, 3.63) is 48.3 Å². The fourth-order valence-electron chi connectivity index (χ4n) is 1.04. The van der Waals surface area contributed by atoms with Gasteiger partial charge < -0.3 is 0 Å². The first-order valence-corrected chi connectivity index (χ1v) is 4.58. The molecule has 0 bridgehead atoms. The van der Waals surface area contributed by atoms with Crippen LogP contribution < -0.4 is 5.43 Å². The number of aromatic nitrogens is 3. The molecule has 0 saturated carbocycles. The van der Waals surface area contributed by atoms with E-state index in [0.717, 1.165) is 5.56 Å². The Morgan fingerprint density at radius 3 is 2.67 bits per heavy atom. The standard InChI is InChI=1S/C9H7FN4S/c10-8-3-1-7(2-4-8)9(15)13-14-6-11-5-12-14/h1-6H,(H,13,15). The second kappa shape index (κ2) is 4.14. The van der Waals surface area contributed by atoms with Gasteiger partial charge in [0.15, 0.2) is 0 Å². The minimum Gasteiger partial charge on any atom is -0.266 e. The molecular weight excluding hydrogens is 215 g/mol.